The molecule has 0 unspecified atom stereocenters. The van der Waals surface area contributed by atoms with Crippen LogP contribution >= 0.6 is 0 Å². The number of nitro groups is 1. The van der Waals surface area contributed by atoms with E-state index in [9.17, 15) is 10.1 Å². The maximum Gasteiger partial charge on any atom is 0.295 e. The maximum absolute atomic E-state index is 10.2. The molecule has 3 N–H and O–H groups in total. The van der Waals surface area contributed by atoms with Gasteiger partial charge >= 0.3 is 0 Å². The molecule has 0 aliphatic carbocycles. The molecule has 0 saturated heterocycles. The second-order valence-electron chi connectivity index (χ2n) is 1.97. The van der Waals surface area contributed by atoms with E-state index < -0.39 is 4.92 Å². The summed E-state index contributed by atoms with van der Waals surface area (Å²) in [6, 6.07) is 3.89. The van der Waals surface area contributed by atoms with Gasteiger partial charge in [0.05, 0.1) is 4.92 Å². The third-order valence-corrected chi connectivity index (χ3v) is 1.26. The van der Waals surface area contributed by atoms with E-state index in [4.69, 9.17) is 10.8 Å². The van der Waals surface area contributed by atoms with Crippen LogP contribution in [0.3, 0.4) is 0 Å². The molecule has 0 bridgehead atoms. The summed E-state index contributed by atoms with van der Waals surface area (Å²) in [5.74, 6) is -0.265. The van der Waals surface area contributed by atoms with Crippen molar-refractivity contribution in [3.8, 4) is 5.75 Å². The molecule has 0 amide bonds. The molecule has 0 aromatic heterocycles. The molecule has 0 atom stereocenters. The number of phenols is 1. The quantitative estimate of drug-likeness (QED) is 0.215. The Kier molecular flexibility index (Phi) is 3.77. The zero-order valence-corrected chi connectivity index (χ0v) is 7.64. The third-order valence-electron chi connectivity index (χ3n) is 1.26. The fourth-order valence-corrected chi connectivity index (χ4v) is 0.700. The van der Waals surface area contributed by atoms with Crippen molar-refractivity contribution in [2.45, 2.75) is 0 Å². The van der Waals surface area contributed by atoms with Crippen molar-refractivity contribution in [3.63, 3.8) is 0 Å². The fourth-order valence-electron chi connectivity index (χ4n) is 0.700. The van der Waals surface area contributed by atoms with E-state index in [1.54, 1.807) is 0 Å². The van der Waals surface area contributed by atoms with E-state index in [0.29, 0.717) is 0 Å². The first-order valence-electron chi connectivity index (χ1n) is 2.85. The number of nitro benzene ring substituents is 1. The van der Waals surface area contributed by atoms with Crippen molar-refractivity contribution in [3.05, 3.63) is 28.3 Å². The standard InChI is InChI=1S/C6H6N2O3.Mg/c7-6-4(8(10)11)2-1-3-5(6)9;/h1-3,9H,7H2;. The van der Waals surface area contributed by atoms with Gasteiger partial charge in [-0.15, -0.1) is 0 Å². The molecule has 0 saturated carbocycles. The first-order valence-corrected chi connectivity index (χ1v) is 2.85. The number of rotatable bonds is 1. The van der Waals surface area contributed by atoms with Gasteiger partial charge in [0.1, 0.15) is 5.75 Å². The molecule has 12 heavy (non-hydrogen) atoms. The topological polar surface area (TPSA) is 89.4 Å². The van der Waals surface area contributed by atoms with Gasteiger partial charge < -0.3 is 10.8 Å². The van der Waals surface area contributed by atoms with Crippen LogP contribution in [-0.4, -0.2) is 33.1 Å². The zero-order chi connectivity index (χ0) is 8.43. The summed E-state index contributed by atoms with van der Waals surface area (Å²) in [6.45, 7) is 0. The van der Waals surface area contributed by atoms with Gasteiger partial charge in [-0.25, -0.2) is 0 Å². The number of hydrogen-bond acceptors (Lipinski definition) is 4. The van der Waals surface area contributed by atoms with Crippen LogP contribution < -0.4 is 5.73 Å². The van der Waals surface area contributed by atoms with Gasteiger partial charge in [0.2, 0.25) is 0 Å². The molecule has 1 rings (SSSR count). The number of nitrogen functional groups attached to an aromatic ring is 1. The summed E-state index contributed by atoms with van der Waals surface area (Å²) in [7, 11) is 0. The van der Waals surface area contributed by atoms with E-state index in [2.05, 4.69) is 0 Å². The number of aromatic hydroxyl groups is 1. The van der Waals surface area contributed by atoms with Crippen LogP contribution in [0.1, 0.15) is 0 Å². The fraction of sp³-hybridized carbons (Fsp3) is 0. The number of nitrogens with two attached hydrogens (primary N) is 1. The second-order valence-corrected chi connectivity index (χ2v) is 1.97. The Morgan fingerprint density at radius 1 is 1.50 bits per heavy atom. The molecule has 2 radical (unpaired) electrons. The van der Waals surface area contributed by atoms with E-state index in [0.717, 1.165) is 0 Å². The minimum Gasteiger partial charge on any atom is -0.506 e. The lowest BCUT2D eigenvalue weighted by molar-refractivity contribution is -0.384. The van der Waals surface area contributed by atoms with Gasteiger partial charge in [-0.3, -0.25) is 10.1 Å². The van der Waals surface area contributed by atoms with Crippen molar-refractivity contribution in [2.24, 2.45) is 0 Å². The van der Waals surface area contributed by atoms with E-state index in [-0.39, 0.29) is 40.2 Å². The highest BCUT2D eigenvalue weighted by Crippen LogP contribution is 2.29. The predicted molar refractivity (Wildman–Crippen MR) is 44.9 cm³/mol. The number of para-hydroxylation sites is 1. The van der Waals surface area contributed by atoms with Crippen LogP contribution in [0.4, 0.5) is 11.4 Å². The lowest BCUT2D eigenvalue weighted by atomic mass is 10.2. The highest BCUT2D eigenvalue weighted by molar-refractivity contribution is 5.75. The Morgan fingerprint density at radius 3 is 2.50 bits per heavy atom. The summed E-state index contributed by atoms with van der Waals surface area (Å²) in [6.07, 6.45) is 0. The van der Waals surface area contributed by atoms with Gasteiger partial charge in [-0.2, -0.15) is 0 Å². The molecule has 1 aromatic carbocycles. The van der Waals surface area contributed by atoms with Crippen LogP contribution in [0.5, 0.6) is 5.75 Å². The number of anilines is 1. The van der Waals surface area contributed by atoms with Crippen molar-refractivity contribution >= 4 is 34.4 Å². The van der Waals surface area contributed by atoms with Crippen LogP contribution in [0.15, 0.2) is 18.2 Å². The normalized spacial score (nSPS) is 8.67. The van der Waals surface area contributed by atoms with Crippen LogP contribution in [-0.2, 0) is 0 Å². The van der Waals surface area contributed by atoms with Crippen molar-refractivity contribution in [1.29, 1.82) is 0 Å². The lowest BCUT2D eigenvalue weighted by Gasteiger charge is -1.97. The van der Waals surface area contributed by atoms with Crippen molar-refractivity contribution < 1.29 is 10.0 Å². The third kappa shape index (κ3) is 1.99. The SMILES string of the molecule is Nc1c(O)cccc1[N+](=O)[O-].[Mg]. The Morgan fingerprint density at radius 2 is 2.08 bits per heavy atom. The predicted octanol–water partition coefficient (Wildman–Crippen LogP) is 0.502. The Labute approximate surface area is 84.5 Å². The minimum atomic E-state index is -0.644. The number of hydrogen-bond donors (Lipinski definition) is 2. The van der Waals surface area contributed by atoms with Gasteiger partial charge in [0.15, 0.2) is 5.69 Å². The zero-order valence-electron chi connectivity index (χ0n) is 6.23. The van der Waals surface area contributed by atoms with Gasteiger partial charge in [-0.05, 0) is 6.07 Å². The van der Waals surface area contributed by atoms with Crippen LogP contribution in [0, 0.1) is 10.1 Å². The summed E-state index contributed by atoms with van der Waals surface area (Å²) >= 11 is 0. The monoisotopic (exact) mass is 178 g/mol. The molecule has 5 nitrogen and oxygen atoms in total. The molecule has 60 valence electrons. The first kappa shape index (κ1) is 11.0. The molecular weight excluding hydrogens is 172 g/mol. The largest absolute Gasteiger partial charge is 0.506 e. The van der Waals surface area contributed by atoms with E-state index in [1.807, 2.05) is 0 Å². The van der Waals surface area contributed by atoms with Gasteiger partial charge in [0, 0.05) is 29.1 Å². The Bertz CT molecular complexity index is 303. The second kappa shape index (κ2) is 4.12. The van der Waals surface area contributed by atoms with Crippen LogP contribution in [0.25, 0.3) is 0 Å². The van der Waals surface area contributed by atoms with Crippen LogP contribution in [0.2, 0.25) is 0 Å². The summed E-state index contributed by atoms with van der Waals surface area (Å²) < 4.78 is 0. The Balaban J connectivity index is 0.00000121. The molecule has 1 aromatic rings. The first-order chi connectivity index (χ1) is 5.13. The number of phenolic OH excluding ortho intramolecular Hbond substituents is 1. The highest BCUT2D eigenvalue weighted by Gasteiger charge is 2.12. The number of nitrogens with zero attached hydrogens (tertiary/aromatic N) is 1. The van der Waals surface area contributed by atoms with Gasteiger partial charge in [-0.1, -0.05) is 6.07 Å². The van der Waals surface area contributed by atoms with Gasteiger partial charge in [0.25, 0.3) is 5.69 Å². The summed E-state index contributed by atoms with van der Waals surface area (Å²) in [5.41, 5.74) is 4.72. The summed E-state index contributed by atoms with van der Waals surface area (Å²) in [5, 5.41) is 19.1. The summed E-state index contributed by atoms with van der Waals surface area (Å²) in [4.78, 5) is 9.54. The maximum atomic E-state index is 10.2. The number of benzene rings is 1. The average molecular weight is 178 g/mol. The smallest absolute Gasteiger partial charge is 0.295 e. The molecule has 0 spiro atoms. The molecular formula is C6H6MgN2O3. The average Bonchev–Trinajstić information content (AvgIpc) is 1.94. The lowest BCUT2D eigenvalue weighted by Crippen LogP contribution is -1.94. The van der Waals surface area contributed by atoms with E-state index in [1.165, 1.54) is 18.2 Å². The molecule has 0 aliphatic rings. The molecule has 0 aliphatic heterocycles. The van der Waals surface area contributed by atoms with Crippen molar-refractivity contribution in [2.75, 3.05) is 5.73 Å². The van der Waals surface area contributed by atoms with Crippen molar-refractivity contribution in [1.82, 2.24) is 0 Å². The molecule has 0 heterocycles. The highest BCUT2D eigenvalue weighted by atomic mass is 24.3. The molecule has 0 fully saturated rings. The Hall–Kier alpha value is -1.01. The minimum absolute atomic E-state index is 0. The van der Waals surface area contributed by atoms with E-state index >= 15 is 0 Å². The molecule has 6 heteroatoms.